The zero-order valence-electron chi connectivity index (χ0n) is 11.7. The van der Waals surface area contributed by atoms with Crippen molar-refractivity contribution in [2.24, 2.45) is 0 Å². The average Bonchev–Trinajstić information content (AvgIpc) is 2.43. The number of nitrogens with one attached hydrogen (secondary N) is 1. The second-order valence-electron chi connectivity index (χ2n) is 4.35. The molecule has 1 aromatic rings. The fourth-order valence-electron chi connectivity index (χ4n) is 1.62. The molecule has 0 aliphatic carbocycles. The predicted molar refractivity (Wildman–Crippen MR) is 76.1 cm³/mol. The molecule has 21 heavy (non-hydrogen) atoms. The van der Waals surface area contributed by atoms with E-state index in [-0.39, 0.29) is 12.0 Å². The van der Waals surface area contributed by atoms with Crippen molar-refractivity contribution < 1.29 is 24.2 Å². The van der Waals surface area contributed by atoms with Crippen molar-refractivity contribution in [2.45, 2.75) is 25.8 Å². The number of allylic oxidation sites excluding steroid dienone is 1. The summed E-state index contributed by atoms with van der Waals surface area (Å²) in [6, 6.07) is 4.88. The van der Waals surface area contributed by atoms with Crippen LogP contribution in [-0.4, -0.2) is 29.0 Å². The number of hydrogen-bond donors (Lipinski definition) is 2. The van der Waals surface area contributed by atoms with Gasteiger partial charge in [-0.3, -0.25) is 9.59 Å². The Morgan fingerprint density at radius 3 is 2.43 bits per heavy atom. The van der Waals surface area contributed by atoms with Crippen molar-refractivity contribution in [3.8, 4) is 5.75 Å². The monoisotopic (exact) mass is 291 g/mol. The summed E-state index contributed by atoms with van der Waals surface area (Å²) in [4.78, 5) is 33.8. The van der Waals surface area contributed by atoms with E-state index < -0.39 is 23.9 Å². The van der Waals surface area contributed by atoms with Crippen LogP contribution in [0.4, 0.5) is 0 Å². The molecule has 1 rings (SSSR count). The predicted octanol–water partition coefficient (Wildman–Crippen LogP) is 1.76. The summed E-state index contributed by atoms with van der Waals surface area (Å²) in [6.45, 7) is 4.79. The van der Waals surface area contributed by atoms with Crippen LogP contribution in [0.1, 0.15) is 30.1 Å². The number of carboxylic acid groups (broad SMARTS) is 1. The molecular formula is C15H17NO5. The Labute approximate surface area is 122 Å². The van der Waals surface area contributed by atoms with Crippen molar-refractivity contribution in [1.29, 1.82) is 0 Å². The lowest BCUT2D eigenvalue weighted by Gasteiger charge is -2.13. The molecule has 0 aromatic heterocycles. The van der Waals surface area contributed by atoms with Crippen molar-refractivity contribution >= 4 is 17.8 Å². The minimum Gasteiger partial charge on any atom is -0.480 e. The molecule has 0 radical (unpaired) electrons. The molecule has 1 atom stereocenters. The van der Waals surface area contributed by atoms with Gasteiger partial charge in [-0.15, -0.1) is 6.58 Å². The highest BCUT2D eigenvalue weighted by Crippen LogP contribution is 2.12. The zero-order chi connectivity index (χ0) is 15.8. The van der Waals surface area contributed by atoms with Gasteiger partial charge < -0.3 is 15.2 Å². The molecule has 0 unspecified atom stereocenters. The number of esters is 1. The largest absolute Gasteiger partial charge is 0.480 e. The number of carboxylic acids is 1. The maximum atomic E-state index is 11.9. The van der Waals surface area contributed by atoms with Gasteiger partial charge in [-0.2, -0.15) is 0 Å². The number of rotatable bonds is 7. The Balaban J connectivity index is 2.71. The molecule has 0 aliphatic rings. The van der Waals surface area contributed by atoms with Crippen molar-refractivity contribution in [3.05, 3.63) is 42.5 Å². The standard InChI is InChI=1S/C15H17NO5/c1-3-4-5-13(15(19)20)16-14(18)11-6-8-12(9-7-11)21-10(2)17/h3,6-9,13H,1,4-5H2,2H3,(H,16,18)(H,19,20)/t13-/m0/s1. The van der Waals surface area contributed by atoms with E-state index in [9.17, 15) is 14.4 Å². The summed E-state index contributed by atoms with van der Waals surface area (Å²) in [6.07, 6.45) is 2.36. The maximum Gasteiger partial charge on any atom is 0.326 e. The SMILES string of the molecule is C=CCC[C@H](NC(=O)c1ccc(OC(C)=O)cc1)C(=O)O. The Hall–Kier alpha value is -2.63. The molecule has 6 heteroatoms. The topological polar surface area (TPSA) is 92.7 Å². The summed E-state index contributed by atoms with van der Waals surface area (Å²) in [5.74, 6) is -1.73. The van der Waals surface area contributed by atoms with Crippen LogP contribution < -0.4 is 10.1 Å². The molecular weight excluding hydrogens is 274 g/mol. The number of aliphatic carboxylic acids is 1. The molecule has 1 aromatic carbocycles. The lowest BCUT2D eigenvalue weighted by atomic mass is 10.1. The van der Waals surface area contributed by atoms with Crippen LogP contribution in [0.3, 0.4) is 0 Å². The van der Waals surface area contributed by atoms with Gasteiger partial charge >= 0.3 is 11.9 Å². The zero-order valence-corrected chi connectivity index (χ0v) is 11.7. The highest BCUT2D eigenvalue weighted by atomic mass is 16.5. The Bertz CT molecular complexity index is 535. The van der Waals surface area contributed by atoms with Gasteiger partial charge in [0.25, 0.3) is 5.91 Å². The van der Waals surface area contributed by atoms with E-state index in [1.165, 1.54) is 31.2 Å². The van der Waals surface area contributed by atoms with Gasteiger partial charge in [-0.05, 0) is 37.1 Å². The molecule has 0 bridgehead atoms. The first kappa shape index (κ1) is 16.4. The molecule has 2 N–H and O–H groups in total. The number of ether oxygens (including phenoxy) is 1. The third-order valence-electron chi connectivity index (χ3n) is 2.64. The third kappa shape index (κ3) is 5.48. The lowest BCUT2D eigenvalue weighted by molar-refractivity contribution is -0.139. The first-order chi connectivity index (χ1) is 9.93. The molecule has 0 saturated carbocycles. The van der Waals surface area contributed by atoms with Crippen LogP contribution in [0.25, 0.3) is 0 Å². The first-order valence-electron chi connectivity index (χ1n) is 6.37. The second-order valence-corrected chi connectivity index (χ2v) is 4.35. The molecule has 0 spiro atoms. The van der Waals surface area contributed by atoms with Gasteiger partial charge in [-0.1, -0.05) is 6.08 Å². The van der Waals surface area contributed by atoms with Crippen molar-refractivity contribution in [2.75, 3.05) is 0 Å². The van der Waals surface area contributed by atoms with Gasteiger partial charge in [0.2, 0.25) is 0 Å². The molecule has 0 fully saturated rings. The highest BCUT2D eigenvalue weighted by Gasteiger charge is 2.19. The van der Waals surface area contributed by atoms with Crippen molar-refractivity contribution in [1.82, 2.24) is 5.32 Å². The summed E-state index contributed by atoms with van der Waals surface area (Å²) in [7, 11) is 0. The Morgan fingerprint density at radius 1 is 1.33 bits per heavy atom. The average molecular weight is 291 g/mol. The van der Waals surface area contributed by atoms with Crippen LogP contribution in [-0.2, 0) is 9.59 Å². The summed E-state index contributed by atoms with van der Waals surface area (Å²) in [5, 5.41) is 11.5. The van der Waals surface area contributed by atoms with Gasteiger partial charge in [0, 0.05) is 12.5 Å². The molecule has 6 nitrogen and oxygen atoms in total. The van der Waals surface area contributed by atoms with E-state index >= 15 is 0 Å². The van der Waals surface area contributed by atoms with Gasteiger partial charge in [0.1, 0.15) is 11.8 Å². The maximum absolute atomic E-state index is 11.9. The quantitative estimate of drug-likeness (QED) is 0.453. The lowest BCUT2D eigenvalue weighted by Crippen LogP contribution is -2.40. The van der Waals surface area contributed by atoms with Gasteiger partial charge in [0.15, 0.2) is 0 Å². The highest BCUT2D eigenvalue weighted by molar-refractivity contribution is 5.96. The smallest absolute Gasteiger partial charge is 0.326 e. The van der Waals surface area contributed by atoms with E-state index in [1.54, 1.807) is 6.08 Å². The number of hydrogen-bond acceptors (Lipinski definition) is 4. The van der Waals surface area contributed by atoms with Crippen LogP contribution in [0.5, 0.6) is 5.75 Å². The van der Waals surface area contributed by atoms with E-state index in [4.69, 9.17) is 9.84 Å². The fraction of sp³-hybridized carbons (Fsp3) is 0.267. The second kappa shape index (κ2) is 7.84. The van der Waals surface area contributed by atoms with Crippen LogP contribution in [0, 0.1) is 0 Å². The molecule has 112 valence electrons. The van der Waals surface area contributed by atoms with Crippen LogP contribution in [0.2, 0.25) is 0 Å². The number of carbonyl (C=O) groups excluding carboxylic acids is 2. The van der Waals surface area contributed by atoms with Crippen LogP contribution >= 0.6 is 0 Å². The van der Waals surface area contributed by atoms with Gasteiger partial charge in [0.05, 0.1) is 0 Å². The first-order valence-corrected chi connectivity index (χ1v) is 6.37. The minimum absolute atomic E-state index is 0.274. The Morgan fingerprint density at radius 2 is 1.95 bits per heavy atom. The fourth-order valence-corrected chi connectivity index (χ4v) is 1.62. The number of benzene rings is 1. The van der Waals surface area contributed by atoms with E-state index in [0.29, 0.717) is 12.2 Å². The molecule has 1 amide bonds. The van der Waals surface area contributed by atoms with E-state index in [2.05, 4.69) is 11.9 Å². The Kier molecular flexibility index (Phi) is 6.13. The molecule has 0 heterocycles. The van der Waals surface area contributed by atoms with E-state index in [0.717, 1.165) is 0 Å². The molecule has 0 aliphatic heterocycles. The van der Waals surface area contributed by atoms with Crippen LogP contribution in [0.15, 0.2) is 36.9 Å². The number of carbonyl (C=O) groups is 3. The van der Waals surface area contributed by atoms with Gasteiger partial charge in [-0.25, -0.2) is 4.79 Å². The summed E-state index contributed by atoms with van der Waals surface area (Å²) < 4.78 is 4.85. The molecule has 0 saturated heterocycles. The third-order valence-corrected chi connectivity index (χ3v) is 2.64. The van der Waals surface area contributed by atoms with Crippen molar-refractivity contribution in [3.63, 3.8) is 0 Å². The normalized spacial score (nSPS) is 11.3. The summed E-state index contributed by atoms with van der Waals surface area (Å²) >= 11 is 0. The summed E-state index contributed by atoms with van der Waals surface area (Å²) in [5.41, 5.74) is 0.288. The van der Waals surface area contributed by atoms with E-state index in [1.807, 2.05) is 0 Å². The number of amides is 1. The minimum atomic E-state index is -1.10.